The maximum absolute atomic E-state index is 13.4. The number of anilines is 1. The molecule has 0 aliphatic rings. The largest absolute Gasteiger partial charge is 0.497 e. The zero-order valence-electron chi connectivity index (χ0n) is 22.4. The zero-order valence-corrected chi connectivity index (χ0v) is 23.2. The number of hydrogen-bond donors (Lipinski definition) is 0. The summed E-state index contributed by atoms with van der Waals surface area (Å²) in [6.45, 7) is 0.508. The van der Waals surface area contributed by atoms with E-state index in [1.807, 2.05) is 66.7 Å². The lowest BCUT2D eigenvalue weighted by molar-refractivity contribution is -0.114. The molecule has 1 aromatic heterocycles. The van der Waals surface area contributed by atoms with Crippen molar-refractivity contribution in [2.75, 3.05) is 18.8 Å². The number of nitrogens with zero attached hydrogens (tertiary/aromatic N) is 3. The van der Waals surface area contributed by atoms with Gasteiger partial charge in [0.15, 0.2) is 0 Å². The molecule has 7 nitrogen and oxygen atoms in total. The van der Waals surface area contributed by atoms with Gasteiger partial charge in [-0.2, -0.15) is 10.2 Å². The summed E-state index contributed by atoms with van der Waals surface area (Å²) in [7, 11) is 1.60. The minimum Gasteiger partial charge on any atom is -0.497 e. The van der Waals surface area contributed by atoms with E-state index in [9.17, 15) is 9.59 Å². The van der Waals surface area contributed by atoms with Gasteiger partial charge in [-0.3, -0.25) is 14.4 Å². The number of allylic oxidation sites excluding steroid dienone is 1. The molecule has 0 atom stereocenters. The second-order valence-electron chi connectivity index (χ2n) is 9.15. The van der Waals surface area contributed by atoms with Crippen LogP contribution in [0.15, 0.2) is 95.8 Å². The van der Waals surface area contributed by atoms with E-state index in [0.717, 1.165) is 41.9 Å². The molecule has 8 heteroatoms. The first kappa shape index (κ1) is 28.8. The molecule has 0 fully saturated rings. The Hall–Kier alpha value is -4.20. The minimum absolute atomic E-state index is 0.0972. The van der Waals surface area contributed by atoms with Crippen molar-refractivity contribution in [1.29, 1.82) is 0 Å². The van der Waals surface area contributed by atoms with Crippen molar-refractivity contribution in [3.8, 4) is 17.0 Å². The average Bonchev–Trinajstić information content (AvgIpc) is 2.99. The first-order valence-corrected chi connectivity index (χ1v) is 13.6. The van der Waals surface area contributed by atoms with Gasteiger partial charge < -0.3 is 4.74 Å². The smallest absolute Gasteiger partial charge is 0.293 e. The van der Waals surface area contributed by atoms with Crippen LogP contribution in [-0.2, 0) is 22.6 Å². The number of aryl methyl sites for hydroxylation is 1. The third-order valence-electron chi connectivity index (χ3n) is 6.32. The number of hydrogen-bond acceptors (Lipinski definition) is 5. The summed E-state index contributed by atoms with van der Waals surface area (Å²) in [5.74, 6) is 0.702. The molecule has 206 valence electrons. The fraction of sp³-hybridized carbons (Fsp3) is 0.219. The highest BCUT2D eigenvalue weighted by atomic mass is 35.5. The molecule has 1 heterocycles. The Morgan fingerprint density at radius 3 is 2.40 bits per heavy atom. The highest BCUT2D eigenvalue weighted by molar-refractivity contribution is 6.30. The number of carbonyl (C=O) groups excluding carboxylic acids is 1. The molecule has 40 heavy (non-hydrogen) atoms. The summed E-state index contributed by atoms with van der Waals surface area (Å²) in [6.07, 6.45) is 7.93. The number of aromatic nitrogens is 2. The Kier molecular flexibility index (Phi) is 10.7. The maximum Gasteiger partial charge on any atom is 0.293 e. The minimum atomic E-state index is -0.436. The number of methoxy groups -OCH3 is 1. The second-order valence-corrected chi connectivity index (χ2v) is 9.58. The van der Waals surface area contributed by atoms with Crippen molar-refractivity contribution >= 4 is 29.8 Å². The number of rotatable bonds is 14. The van der Waals surface area contributed by atoms with Gasteiger partial charge in [0.2, 0.25) is 6.41 Å². The van der Waals surface area contributed by atoms with Gasteiger partial charge in [0.05, 0.1) is 26.0 Å². The van der Waals surface area contributed by atoms with Crippen LogP contribution in [-0.4, -0.2) is 29.9 Å². The summed E-state index contributed by atoms with van der Waals surface area (Å²) in [5.41, 5.74) is 3.19. The number of benzene rings is 3. The van der Waals surface area contributed by atoms with E-state index >= 15 is 0 Å². The zero-order chi connectivity index (χ0) is 28.2. The van der Waals surface area contributed by atoms with Gasteiger partial charge >= 0.3 is 0 Å². The average molecular weight is 558 g/mol. The van der Waals surface area contributed by atoms with E-state index in [4.69, 9.17) is 21.2 Å². The van der Waals surface area contributed by atoms with Crippen molar-refractivity contribution in [3.63, 3.8) is 0 Å². The standard InChI is InChI=1S/C32H32ClN3O4/c1-39-29-19-15-27(16-20-29)30-23-31(32(38)35(34-30)21-8-12-26-13-17-28(33)18-14-26)36(24-37)40-22-7-3-6-11-25-9-4-2-5-10-25/h2,4-5,8-10,12-20,23-24H,3,6-7,11,21-22H2,1H3/b12-8+. The fourth-order valence-electron chi connectivity index (χ4n) is 4.15. The fourth-order valence-corrected chi connectivity index (χ4v) is 4.27. The second kappa shape index (κ2) is 14.8. The molecule has 0 aliphatic heterocycles. The lowest BCUT2D eigenvalue weighted by atomic mass is 10.1. The molecule has 0 aliphatic carbocycles. The highest BCUT2D eigenvalue weighted by Gasteiger charge is 2.17. The first-order valence-electron chi connectivity index (χ1n) is 13.2. The van der Waals surface area contributed by atoms with Crippen molar-refractivity contribution in [3.05, 3.63) is 118 Å². The summed E-state index contributed by atoms with van der Waals surface area (Å²) in [6, 6.07) is 26.6. The summed E-state index contributed by atoms with van der Waals surface area (Å²) >= 11 is 5.97. The van der Waals surface area contributed by atoms with Crippen LogP contribution in [0.25, 0.3) is 17.3 Å². The molecule has 0 saturated carbocycles. The van der Waals surface area contributed by atoms with Crippen LogP contribution in [0.1, 0.15) is 30.4 Å². The Bertz CT molecular complexity index is 1450. The van der Waals surface area contributed by atoms with E-state index in [-0.39, 0.29) is 12.2 Å². The quantitative estimate of drug-likeness (QED) is 0.0992. The number of carbonyl (C=O) groups is 1. The monoisotopic (exact) mass is 557 g/mol. The molecular formula is C32H32ClN3O4. The van der Waals surface area contributed by atoms with Gasteiger partial charge in [0.1, 0.15) is 11.4 Å². The van der Waals surface area contributed by atoms with Crippen LogP contribution in [0.3, 0.4) is 0 Å². The van der Waals surface area contributed by atoms with E-state index in [1.165, 1.54) is 10.2 Å². The predicted octanol–water partition coefficient (Wildman–Crippen LogP) is 6.59. The number of unbranched alkanes of at least 4 members (excludes halogenated alkanes) is 2. The molecule has 0 unspecified atom stereocenters. The first-order chi connectivity index (χ1) is 19.6. The van der Waals surface area contributed by atoms with E-state index < -0.39 is 5.56 Å². The van der Waals surface area contributed by atoms with Crippen molar-refractivity contribution in [2.24, 2.45) is 0 Å². The summed E-state index contributed by atoms with van der Waals surface area (Å²) < 4.78 is 6.58. The lowest BCUT2D eigenvalue weighted by Gasteiger charge is -2.18. The van der Waals surface area contributed by atoms with Crippen molar-refractivity contribution < 1.29 is 14.4 Å². The van der Waals surface area contributed by atoms with E-state index in [2.05, 4.69) is 17.2 Å². The Balaban J connectivity index is 1.49. The molecule has 1 amide bonds. The van der Waals surface area contributed by atoms with Crippen molar-refractivity contribution in [1.82, 2.24) is 9.78 Å². The molecule has 0 radical (unpaired) electrons. The molecule has 0 saturated heterocycles. The molecular weight excluding hydrogens is 526 g/mol. The van der Waals surface area contributed by atoms with Crippen LogP contribution in [0, 0.1) is 0 Å². The molecule has 0 bridgehead atoms. The Morgan fingerprint density at radius 2 is 1.70 bits per heavy atom. The topological polar surface area (TPSA) is 73.7 Å². The number of amides is 1. The van der Waals surface area contributed by atoms with Gasteiger partial charge in [0.25, 0.3) is 5.56 Å². The third kappa shape index (κ3) is 8.15. The number of ether oxygens (including phenoxy) is 1. The molecule has 3 aromatic carbocycles. The van der Waals surface area contributed by atoms with Crippen LogP contribution < -0.4 is 15.4 Å². The SMILES string of the molecule is COc1ccc(-c2cc(N(C=O)OCCCCCc3ccccc3)c(=O)n(C/C=C/c3ccc(Cl)cc3)n2)cc1. The van der Waals surface area contributed by atoms with Gasteiger partial charge in [-0.1, -0.05) is 72.6 Å². The lowest BCUT2D eigenvalue weighted by Crippen LogP contribution is -2.33. The number of hydroxylamine groups is 1. The van der Waals surface area contributed by atoms with Crippen LogP contribution >= 0.6 is 11.6 Å². The van der Waals surface area contributed by atoms with E-state index in [0.29, 0.717) is 29.5 Å². The van der Waals surface area contributed by atoms with Crippen LogP contribution in [0.2, 0.25) is 5.02 Å². The molecule has 0 spiro atoms. The molecule has 4 aromatic rings. The van der Waals surface area contributed by atoms with Gasteiger partial charge in [-0.15, -0.1) is 0 Å². The van der Waals surface area contributed by atoms with Crippen LogP contribution in [0.4, 0.5) is 5.69 Å². The third-order valence-corrected chi connectivity index (χ3v) is 6.57. The predicted molar refractivity (Wildman–Crippen MR) is 159 cm³/mol. The Morgan fingerprint density at radius 1 is 0.950 bits per heavy atom. The van der Waals surface area contributed by atoms with Gasteiger partial charge in [-0.05, 0) is 72.9 Å². The van der Waals surface area contributed by atoms with Gasteiger partial charge in [0, 0.05) is 10.6 Å². The van der Waals surface area contributed by atoms with Crippen LogP contribution in [0.5, 0.6) is 5.75 Å². The van der Waals surface area contributed by atoms with Crippen molar-refractivity contribution in [2.45, 2.75) is 32.2 Å². The number of halogens is 1. The maximum atomic E-state index is 13.4. The van der Waals surface area contributed by atoms with E-state index in [1.54, 1.807) is 25.3 Å². The van der Waals surface area contributed by atoms with Gasteiger partial charge in [-0.25, -0.2) is 4.68 Å². The molecule has 0 N–H and O–H groups in total. The normalized spacial score (nSPS) is 11.1. The summed E-state index contributed by atoms with van der Waals surface area (Å²) in [4.78, 5) is 31.2. The highest BCUT2D eigenvalue weighted by Crippen LogP contribution is 2.23. The molecule has 4 rings (SSSR count). The Labute approximate surface area is 239 Å². The summed E-state index contributed by atoms with van der Waals surface area (Å²) in [5, 5.41) is 6.22.